The molecule has 1 aliphatic heterocycles. The lowest BCUT2D eigenvalue weighted by molar-refractivity contribution is 0.242. The molecule has 0 bridgehead atoms. The van der Waals surface area contributed by atoms with Crippen molar-refractivity contribution in [2.75, 3.05) is 31.2 Å². The number of nitrogens with zero attached hydrogens (tertiary/aromatic N) is 1. The van der Waals surface area contributed by atoms with Crippen LogP contribution in [0.2, 0.25) is 0 Å². The standard InChI is InChI=1S/C14H20N2O3/c1-3-18-12-7-6-11(10-13(12)19-4-2)16-9-5-8-15-14(16)17/h6-7,10H,3-5,8-9H2,1-2H3,(H,15,17). The first-order valence-electron chi connectivity index (χ1n) is 6.71. The summed E-state index contributed by atoms with van der Waals surface area (Å²) in [6, 6.07) is 5.54. The molecule has 5 nitrogen and oxygen atoms in total. The molecule has 104 valence electrons. The van der Waals surface area contributed by atoms with Gasteiger partial charge in [0.25, 0.3) is 0 Å². The Balaban J connectivity index is 2.25. The number of anilines is 1. The Bertz CT molecular complexity index is 448. The monoisotopic (exact) mass is 264 g/mol. The van der Waals surface area contributed by atoms with E-state index < -0.39 is 0 Å². The molecule has 1 aromatic carbocycles. The summed E-state index contributed by atoms with van der Waals surface area (Å²) < 4.78 is 11.1. The molecular formula is C14H20N2O3. The summed E-state index contributed by atoms with van der Waals surface area (Å²) in [5.41, 5.74) is 0.837. The molecule has 1 heterocycles. The SMILES string of the molecule is CCOc1ccc(N2CCCNC2=O)cc1OCC. The minimum Gasteiger partial charge on any atom is -0.490 e. The zero-order valence-electron chi connectivity index (χ0n) is 11.4. The number of amides is 2. The van der Waals surface area contributed by atoms with Gasteiger partial charge in [-0.25, -0.2) is 4.79 Å². The van der Waals surface area contributed by atoms with Crippen molar-refractivity contribution in [1.29, 1.82) is 0 Å². The third kappa shape index (κ3) is 3.10. The maximum absolute atomic E-state index is 11.8. The summed E-state index contributed by atoms with van der Waals surface area (Å²) >= 11 is 0. The summed E-state index contributed by atoms with van der Waals surface area (Å²) in [5.74, 6) is 1.39. The van der Waals surface area contributed by atoms with E-state index in [1.807, 2.05) is 32.0 Å². The Morgan fingerprint density at radius 2 is 1.95 bits per heavy atom. The van der Waals surface area contributed by atoms with Crippen LogP contribution in [0, 0.1) is 0 Å². The lowest BCUT2D eigenvalue weighted by Crippen LogP contribution is -2.46. The van der Waals surface area contributed by atoms with Crippen molar-refractivity contribution in [3.8, 4) is 11.5 Å². The van der Waals surface area contributed by atoms with Crippen molar-refractivity contribution in [1.82, 2.24) is 5.32 Å². The molecule has 1 saturated heterocycles. The topological polar surface area (TPSA) is 50.8 Å². The number of benzene rings is 1. The fraction of sp³-hybridized carbons (Fsp3) is 0.500. The molecule has 0 saturated carbocycles. The van der Waals surface area contributed by atoms with E-state index in [2.05, 4.69) is 5.32 Å². The smallest absolute Gasteiger partial charge is 0.321 e. The number of carbonyl (C=O) groups excluding carboxylic acids is 1. The van der Waals surface area contributed by atoms with Crippen molar-refractivity contribution < 1.29 is 14.3 Å². The highest BCUT2D eigenvalue weighted by Crippen LogP contribution is 2.32. The maximum Gasteiger partial charge on any atom is 0.321 e. The third-order valence-corrected chi connectivity index (χ3v) is 2.92. The summed E-state index contributed by atoms with van der Waals surface area (Å²) in [5, 5.41) is 2.84. The van der Waals surface area contributed by atoms with E-state index in [1.54, 1.807) is 4.90 Å². The molecule has 1 N–H and O–H groups in total. The number of urea groups is 1. The van der Waals surface area contributed by atoms with Crippen LogP contribution < -0.4 is 19.7 Å². The highest BCUT2D eigenvalue weighted by atomic mass is 16.5. The van der Waals surface area contributed by atoms with E-state index in [0.717, 1.165) is 25.2 Å². The lowest BCUT2D eigenvalue weighted by Gasteiger charge is -2.28. The number of ether oxygens (including phenoxy) is 2. The van der Waals surface area contributed by atoms with Gasteiger partial charge in [0.05, 0.1) is 13.2 Å². The van der Waals surface area contributed by atoms with Crippen molar-refractivity contribution in [3.05, 3.63) is 18.2 Å². The average molecular weight is 264 g/mol. The van der Waals surface area contributed by atoms with Gasteiger partial charge in [-0.05, 0) is 32.4 Å². The quantitative estimate of drug-likeness (QED) is 0.888. The molecular weight excluding hydrogens is 244 g/mol. The van der Waals surface area contributed by atoms with Crippen LogP contribution in [0.25, 0.3) is 0 Å². The second-order valence-corrected chi connectivity index (χ2v) is 4.23. The second-order valence-electron chi connectivity index (χ2n) is 4.23. The van der Waals surface area contributed by atoms with E-state index in [4.69, 9.17) is 9.47 Å². The zero-order valence-corrected chi connectivity index (χ0v) is 11.4. The summed E-state index contributed by atoms with van der Waals surface area (Å²) in [6.07, 6.45) is 0.947. The molecule has 0 unspecified atom stereocenters. The molecule has 5 heteroatoms. The summed E-state index contributed by atoms with van der Waals surface area (Å²) in [7, 11) is 0. The predicted octanol–water partition coefficient (Wildman–Crippen LogP) is 2.40. The van der Waals surface area contributed by atoms with Crippen LogP contribution in [0.3, 0.4) is 0 Å². The van der Waals surface area contributed by atoms with E-state index in [-0.39, 0.29) is 6.03 Å². The normalized spacial score (nSPS) is 15.1. The number of hydrogen-bond donors (Lipinski definition) is 1. The third-order valence-electron chi connectivity index (χ3n) is 2.92. The molecule has 0 spiro atoms. The number of nitrogens with one attached hydrogen (secondary N) is 1. The van der Waals surface area contributed by atoms with Gasteiger partial charge < -0.3 is 14.8 Å². The molecule has 1 aromatic rings. The Hall–Kier alpha value is -1.91. The van der Waals surface area contributed by atoms with E-state index in [0.29, 0.717) is 24.7 Å². The van der Waals surface area contributed by atoms with Crippen molar-refractivity contribution >= 4 is 11.7 Å². The fourth-order valence-corrected chi connectivity index (χ4v) is 2.08. The predicted molar refractivity (Wildman–Crippen MR) is 74.1 cm³/mol. The first-order chi connectivity index (χ1) is 9.26. The molecule has 0 aromatic heterocycles. The van der Waals surface area contributed by atoms with Crippen LogP contribution >= 0.6 is 0 Å². The Morgan fingerprint density at radius 1 is 1.21 bits per heavy atom. The Labute approximate surface area is 113 Å². The molecule has 0 aliphatic carbocycles. The lowest BCUT2D eigenvalue weighted by atomic mass is 10.2. The van der Waals surface area contributed by atoms with Gasteiger partial charge in [-0.1, -0.05) is 0 Å². The average Bonchev–Trinajstić information content (AvgIpc) is 2.42. The molecule has 0 atom stereocenters. The van der Waals surface area contributed by atoms with Gasteiger partial charge in [0, 0.05) is 24.8 Å². The number of carbonyl (C=O) groups is 1. The second kappa shape index (κ2) is 6.31. The zero-order chi connectivity index (χ0) is 13.7. The van der Waals surface area contributed by atoms with Crippen LogP contribution in [0.4, 0.5) is 10.5 Å². The van der Waals surface area contributed by atoms with Crippen molar-refractivity contribution in [2.45, 2.75) is 20.3 Å². The van der Waals surface area contributed by atoms with Gasteiger partial charge >= 0.3 is 6.03 Å². The highest BCUT2D eigenvalue weighted by Gasteiger charge is 2.20. The van der Waals surface area contributed by atoms with Gasteiger partial charge in [0.15, 0.2) is 11.5 Å². The molecule has 1 fully saturated rings. The van der Waals surface area contributed by atoms with E-state index >= 15 is 0 Å². The van der Waals surface area contributed by atoms with Crippen LogP contribution in [0.1, 0.15) is 20.3 Å². The molecule has 1 aliphatic rings. The molecule has 2 amide bonds. The molecule has 19 heavy (non-hydrogen) atoms. The van der Waals surface area contributed by atoms with E-state index in [9.17, 15) is 4.79 Å². The Morgan fingerprint density at radius 3 is 2.63 bits per heavy atom. The van der Waals surface area contributed by atoms with Crippen LogP contribution in [0.15, 0.2) is 18.2 Å². The fourth-order valence-electron chi connectivity index (χ4n) is 2.08. The molecule has 2 rings (SSSR count). The minimum absolute atomic E-state index is 0.0575. The summed E-state index contributed by atoms with van der Waals surface area (Å²) in [4.78, 5) is 13.5. The highest BCUT2D eigenvalue weighted by molar-refractivity contribution is 5.93. The van der Waals surface area contributed by atoms with Gasteiger partial charge in [0.2, 0.25) is 0 Å². The van der Waals surface area contributed by atoms with Crippen molar-refractivity contribution in [2.24, 2.45) is 0 Å². The first-order valence-corrected chi connectivity index (χ1v) is 6.71. The van der Waals surface area contributed by atoms with Gasteiger partial charge in [0.1, 0.15) is 0 Å². The largest absolute Gasteiger partial charge is 0.490 e. The van der Waals surface area contributed by atoms with Crippen LogP contribution in [-0.2, 0) is 0 Å². The first kappa shape index (κ1) is 13.5. The van der Waals surface area contributed by atoms with Gasteiger partial charge in [-0.2, -0.15) is 0 Å². The minimum atomic E-state index is -0.0575. The number of rotatable bonds is 5. The maximum atomic E-state index is 11.8. The van der Waals surface area contributed by atoms with Crippen molar-refractivity contribution in [3.63, 3.8) is 0 Å². The van der Waals surface area contributed by atoms with Crippen LogP contribution in [-0.4, -0.2) is 32.3 Å². The molecule has 0 radical (unpaired) electrons. The van der Waals surface area contributed by atoms with E-state index in [1.165, 1.54) is 0 Å². The van der Waals surface area contributed by atoms with Gasteiger partial charge in [-0.3, -0.25) is 4.90 Å². The summed E-state index contributed by atoms with van der Waals surface area (Å²) in [6.45, 7) is 6.48. The van der Waals surface area contributed by atoms with Gasteiger partial charge in [-0.15, -0.1) is 0 Å². The Kier molecular flexibility index (Phi) is 4.49. The number of hydrogen-bond acceptors (Lipinski definition) is 3. The van der Waals surface area contributed by atoms with Crippen LogP contribution in [0.5, 0.6) is 11.5 Å².